The molecule has 1 fully saturated rings. The van der Waals surface area contributed by atoms with Crippen molar-refractivity contribution >= 4 is 45.3 Å². The maximum absolute atomic E-state index is 11.6. The molecule has 24 heavy (non-hydrogen) atoms. The summed E-state index contributed by atoms with van der Waals surface area (Å²) in [6.45, 7) is 1.83. The average molecular weight is 340 g/mol. The van der Waals surface area contributed by atoms with Gasteiger partial charge in [-0.3, -0.25) is 4.79 Å². The van der Waals surface area contributed by atoms with Crippen molar-refractivity contribution in [1.82, 2.24) is 5.32 Å². The number of fused-ring (bicyclic) bond motifs is 1. The standard InChI is InChI=1S/C17H15N3O3S/c1-10(12-7-6-11-4-2-3-5-13(11)8-12)19-20-17-18-16(23)14(24-17)9-15(21)22/h2-8,14H,9H2,1H3,(H,21,22)(H,18,20,23)/p-1/b19-10-/t14-/m1/s1. The number of amidine groups is 1. The van der Waals surface area contributed by atoms with Gasteiger partial charge in [0.1, 0.15) is 0 Å². The van der Waals surface area contributed by atoms with Gasteiger partial charge in [-0.25, -0.2) is 0 Å². The Morgan fingerprint density at radius 3 is 2.75 bits per heavy atom. The van der Waals surface area contributed by atoms with E-state index in [0.29, 0.717) is 10.9 Å². The lowest BCUT2D eigenvalue weighted by Crippen LogP contribution is -2.31. The summed E-state index contributed by atoms with van der Waals surface area (Å²) in [6.07, 6.45) is -0.344. The Hall–Kier alpha value is -2.67. The smallest absolute Gasteiger partial charge is 0.239 e. The quantitative estimate of drug-likeness (QED) is 0.670. The summed E-state index contributed by atoms with van der Waals surface area (Å²) < 4.78 is 0. The molecule has 1 aliphatic heterocycles. The first kappa shape index (κ1) is 16.2. The largest absolute Gasteiger partial charge is 0.550 e. The maximum atomic E-state index is 11.6. The van der Waals surface area contributed by atoms with Crippen molar-refractivity contribution in [2.75, 3.05) is 0 Å². The lowest BCUT2D eigenvalue weighted by molar-refractivity contribution is -0.305. The van der Waals surface area contributed by atoms with Crippen LogP contribution in [0.5, 0.6) is 0 Å². The zero-order valence-corrected chi connectivity index (χ0v) is 13.7. The lowest BCUT2D eigenvalue weighted by atomic mass is 10.0. The van der Waals surface area contributed by atoms with Gasteiger partial charge in [0.25, 0.3) is 0 Å². The highest BCUT2D eigenvalue weighted by atomic mass is 32.2. The first-order valence-electron chi connectivity index (χ1n) is 7.32. The minimum absolute atomic E-state index is 0.298. The van der Waals surface area contributed by atoms with Crippen molar-refractivity contribution in [1.29, 1.82) is 0 Å². The number of carboxylic acid groups (broad SMARTS) is 1. The van der Waals surface area contributed by atoms with Crippen LogP contribution in [0.2, 0.25) is 0 Å². The average Bonchev–Trinajstić information content (AvgIpc) is 2.91. The van der Waals surface area contributed by atoms with Gasteiger partial charge in [0.2, 0.25) is 5.91 Å². The van der Waals surface area contributed by atoms with E-state index >= 15 is 0 Å². The highest BCUT2D eigenvalue weighted by Crippen LogP contribution is 2.22. The molecule has 0 bridgehead atoms. The lowest BCUT2D eigenvalue weighted by Gasteiger charge is -2.04. The molecule has 2 aromatic rings. The van der Waals surface area contributed by atoms with E-state index in [4.69, 9.17) is 0 Å². The molecule has 1 saturated heterocycles. The highest BCUT2D eigenvalue weighted by Gasteiger charge is 2.30. The molecule has 0 aromatic heterocycles. The van der Waals surface area contributed by atoms with E-state index < -0.39 is 11.2 Å². The Labute approximate surface area is 142 Å². The molecule has 1 aliphatic rings. The molecule has 0 saturated carbocycles. The Morgan fingerprint density at radius 1 is 1.25 bits per heavy atom. The second-order valence-electron chi connectivity index (χ2n) is 5.32. The van der Waals surface area contributed by atoms with E-state index in [0.717, 1.165) is 28.1 Å². The van der Waals surface area contributed by atoms with E-state index in [2.05, 4.69) is 15.5 Å². The normalized spacial score (nSPS) is 19.7. The van der Waals surface area contributed by atoms with Crippen molar-refractivity contribution in [3.63, 3.8) is 0 Å². The fourth-order valence-corrected chi connectivity index (χ4v) is 3.23. The molecule has 0 spiro atoms. The SMILES string of the molecule is C/C(=N/N=C1\NC(=O)[C@@H](CC(=O)[O-])S1)c1ccc2ccccc2c1. The van der Waals surface area contributed by atoms with Crippen LogP contribution >= 0.6 is 11.8 Å². The molecular weight excluding hydrogens is 326 g/mol. The number of rotatable bonds is 4. The van der Waals surface area contributed by atoms with Crippen LogP contribution in [-0.2, 0) is 9.59 Å². The number of aliphatic carboxylic acids is 1. The van der Waals surface area contributed by atoms with Gasteiger partial charge in [-0.2, -0.15) is 5.10 Å². The van der Waals surface area contributed by atoms with Crippen molar-refractivity contribution in [3.05, 3.63) is 48.0 Å². The van der Waals surface area contributed by atoms with Crippen LogP contribution in [0.3, 0.4) is 0 Å². The maximum Gasteiger partial charge on any atom is 0.239 e. The summed E-state index contributed by atoms with van der Waals surface area (Å²) >= 11 is 1.05. The third-order valence-corrected chi connectivity index (χ3v) is 4.66. The minimum atomic E-state index is -1.26. The molecule has 1 atom stereocenters. The number of hydrogen-bond donors (Lipinski definition) is 1. The van der Waals surface area contributed by atoms with Crippen LogP contribution in [0.1, 0.15) is 18.9 Å². The summed E-state index contributed by atoms with van der Waals surface area (Å²) in [4.78, 5) is 22.2. The number of carboxylic acids is 1. The number of nitrogens with zero attached hydrogens (tertiary/aromatic N) is 2. The van der Waals surface area contributed by atoms with Gasteiger partial charge in [0, 0.05) is 12.4 Å². The second-order valence-corrected chi connectivity index (χ2v) is 6.52. The second kappa shape index (κ2) is 6.84. The van der Waals surface area contributed by atoms with Gasteiger partial charge in [0.05, 0.1) is 11.0 Å². The fraction of sp³-hybridized carbons (Fsp3) is 0.176. The zero-order chi connectivity index (χ0) is 17.1. The molecule has 6 nitrogen and oxygen atoms in total. The third-order valence-electron chi connectivity index (χ3n) is 3.59. The highest BCUT2D eigenvalue weighted by molar-refractivity contribution is 8.15. The number of amides is 1. The van der Waals surface area contributed by atoms with Crippen molar-refractivity contribution in [3.8, 4) is 0 Å². The first-order chi connectivity index (χ1) is 11.5. The van der Waals surface area contributed by atoms with E-state index in [1.54, 1.807) is 0 Å². The van der Waals surface area contributed by atoms with E-state index in [-0.39, 0.29) is 12.3 Å². The summed E-state index contributed by atoms with van der Waals surface area (Å²) in [5.41, 5.74) is 1.63. The molecule has 2 aromatic carbocycles. The molecular formula is C17H14N3O3S-. The van der Waals surface area contributed by atoms with Crippen molar-refractivity contribution in [2.45, 2.75) is 18.6 Å². The van der Waals surface area contributed by atoms with Gasteiger partial charge >= 0.3 is 0 Å². The first-order valence-corrected chi connectivity index (χ1v) is 8.19. The van der Waals surface area contributed by atoms with Gasteiger partial charge in [0.15, 0.2) is 5.17 Å². The minimum Gasteiger partial charge on any atom is -0.550 e. The number of carbonyl (C=O) groups excluding carboxylic acids is 2. The summed E-state index contributed by atoms with van der Waals surface area (Å²) in [5, 5.41) is 23.1. The summed E-state index contributed by atoms with van der Waals surface area (Å²) in [5.74, 6) is -1.65. The zero-order valence-electron chi connectivity index (χ0n) is 12.9. The van der Waals surface area contributed by atoms with E-state index in [1.165, 1.54) is 0 Å². The third kappa shape index (κ3) is 3.62. The predicted molar refractivity (Wildman–Crippen MR) is 92.7 cm³/mol. The molecule has 0 aliphatic carbocycles. The Bertz CT molecular complexity index is 876. The van der Waals surface area contributed by atoms with Crippen molar-refractivity contribution in [2.24, 2.45) is 10.2 Å². The van der Waals surface area contributed by atoms with E-state index in [9.17, 15) is 14.7 Å². The van der Waals surface area contributed by atoms with E-state index in [1.807, 2.05) is 49.4 Å². The molecule has 3 rings (SSSR count). The topological polar surface area (TPSA) is 94.0 Å². The molecule has 7 heteroatoms. The van der Waals surface area contributed by atoms with Gasteiger partial charge < -0.3 is 15.2 Å². The van der Waals surface area contributed by atoms with Gasteiger partial charge in [-0.1, -0.05) is 48.2 Å². The number of hydrogen-bond acceptors (Lipinski definition) is 6. The van der Waals surface area contributed by atoms with Gasteiger partial charge in [-0.05, 0) is 29.3 Å². The van der Waals surface area contributed by atoms with Crippen LogP contribution in [0.4, 0.5) is 0 Å². The summed E-state index contributed by atoms with van der Waals surface area (Å²) in [6, 6.07) is 14.0. The number of nitrogens with one attached hydrogen (secondary N) is 1. The predicted octanol–water partition coefficient (Wildman–Crippen LogP) is 1.29. The number of thioether (sulfide) groups is 1. The molecule has 1 heterocycles. The summed E-state index contributed by atoms with van der Waals surface area (Å²) in [7, 11) is 0. The van der Waals surface area contributed by atoms with Crippen LogP contribution in [-0.4, -0.2) is 28.0 Å². The Morgan fingerprint density at radius 2 is 2.00 bits per heavy atom. The molecule has 1 amide bonds. The van der Waals surface area contributed by atoms with Crippen LogP contribution in [0, 0.1) is 0 Å². The molecule has 1 N–H and O–H groups in total. The van der Waals surface area contributed by atoms with Gasteiger partial charge in [-0.15, -0.1) is 5.10 Å². The van der Waals surface area contributed by atoms with Crippen molar-refractivity contribution < 1.29 is 14.7 Å². The molecule has 0 unspecified atom stereocenters. The fourth-order valence-electron chi connectivity index (χ4n) is 2.33. The van der Waals surface area contributed by atoms with Crippen LogP contribution < -0.4 is 10.4 Å². The molecule has 0 radical (unpaired) electrons. The number of carbonyl (C=O) groups is 2. The molecule has 122 valence electrons. The van der Waals surface area contributed by atoms with Crippen LogP contribution in [0.25, 0.3) is 10.8 Å². The number of benzene rings is 2. The van der Waals surface area contributed by atoms with Crippen LogP contribution in [0.15, 0.2) is 52.7 Å². The Kier molecular flexibility index (Phi) is 4.61. The monoisotopic (exact) mass is 340 g/mol. The Balaban J connectivity index is 1.78.